The van der Waals surface area contributed by atoms with E-state index in [0.29, 0.717) is 6.04 Å². The number of rotatable bonds is 1. The third-order valence-electron chi connectivity index (χ3n) is 2.72. The van der Waals surface area contributed by atoms with E-state index in [1.807, 2.05) is 45.7 Å². The number of hydrogen-bond acceptors (Lipinski definition) is 4. The maximum atomic E-state index is 10.8. The van der Waals surface area contributed by atoms with Crippen LogP contribution in [0.1, 0.15) is 18.9 Å². The molecule has 1 aliphatic rings. The Labute approximate surface area is 134 Å². The zero-order valence-electron chi connectivity index (χ0n) is 12.7. The summed E-state index contributed by atoms with van der Waals surface area (Å²) >= 11 is 3.40. The average Bonchev–Trinajstić information content (AvgIpc) is 2.85. The van der Waals surface area contributed by atoms with Gasteiger partial charge in [0, 0.05) is 10.5 Å². The van der Waals surface area contributed by atoms with Gasteiger partial charge in [0.1, 0.15) is 13.6 Å². The lowest BCUT2D eigenvalue weighted by atomic mass is 10.2. The van der Waals surface area contributed by atoms with Crippen LogP contribution in [0.25, 0.3) is 0 Å². The smallest absolute Gasteiger partial charge is 0.237 e. The van der Waals surface area contributed by atoms with Crippen molar-refractivity contribution in [3.63, 3.8) is 0 Å². The van der Waals surface area contributed by atoms with Crippen molar-refractivity contribution in [3.05, 3.63) is 34.3 Å². The summed E-state index contributed by atoms with van der Waals surface area (Å²) in [5.74, 6) is 0.130. The number of nitrogens with one attached hydrogen (secondary N) is 2. The van der Waals surface area contributed by atoms with Gasteiger partial charge in [-0.1, -0.05) is 34.1 Å². The SMILES string of the molecule is C=O.C=O.CN[C@H]1CC(C)NC1=O.Cc1ccccc1Br. The van der Waals surface area contributed by atoms with Crippen molar-refractivity contribution in [3.8, 4) is 0 Å². The van der Waals surface area contributed by atoms with Crippen molar-refractivity contribution in [1.29, 1.82) is 0 Å². The van der Waals surface area contributed by atoms with E-state index >= 15 is 0 Å². The molecule has 2 rings (SSSR count). The Kier molecular flexibility index (Phi) is 13.9. The van der Waals surface area contributed by atoms with Gasteiger partial charge in [0.15, 0.2) is 0 Å². The average molecular weight is 359 g/mol. The Hall–Kier alpha value is -1.53. The summed E-state index contributed by atoms with van der Waals surface area (Å²) in [6.07, 6.45) is 0.912. The molecule has 0 spiro atoms. The first-order valence-electron chi connectivity index (χ1n) is 6.31. The number of halogens is 1. The van der Waals surface area contributed by atoms with Crippen molar-refractivity contribution < 1.29 is 14.4 Å². The molecule has 1 amide bonds. The quantitative estimate of drug-likeness (QED) is 0.803. The number of likely N-dealkylation sites (N-methyl/N-ethyl adjacent to an activating group) is 1. The van der Waals surface area contributed by atoms with Crippen LogP contribution in [0.15, 0.2) is 28.7 Å². The molecule has 2 N–H and O–H groups in total. The second kappa shape index (κ2) is 13.5. The first-order valence-corrected chi connectivity index (χ1v) is 7.10. The molecule has 1 aromatic carbocycles. The topological polar surface area (TPSA) is 75.3 Å². The zero-order valence-corrected chi connectivity index (χ0v) is 14.3. The Morgan fingerprint density at radius 1 is 1.24 bits per heavy atom. The minimum absolute atomic E-state index is 0.0417. The lowest BCUT2D eigenvalue weighted by molar-refractivity contribution is -0.120. The fraction of sp³-hybridized carbons (Fsp3) is 0.400. The van der Waals surface area contributed by atoms with Crippen LogP contribution >= 0.6 is 15.9 Å². The van der Waals surface area contributed by atoms with Crippen molar-refractivity contribution in [2.45, 2.75) is 32.4 Å². The molecule has 6 heteroatoms. The van der Waals surface area contributed by atoms with Gasteiger partial charge in [0.25, 0.3) is 0 Å². The molecule has 21 heavy (non-hydrogen) atoms. The highest BCUT2D eigenvalue weighted by Gasteiger charge is 2.27. The highest BCUT2D eigenvalue weighted by molar-refractivity contribution is 9.10. The fourth-order valence-electron chi connectivity index (χ4n) is 1.66. The first kappa shape index (κ1) is 21.8. The van der Waals surface area contributed by atoms with Gasteiger partial charge >= 0.3 is 0 Å². The molecule has 1 fully saturated rings. The number of hydrogen-bond donors (Lipinski definition) is 2. The largest absolute Gasteiger partial charge is 0.352 e. The monoisotopic (exact) mass is 358 g/mol. The molecule has 0 aromatic heterocycles. The summed E-state index contributed by atoms with van der Waals surface area (Å²) in [5, 5.41) is 5.75. The molecule has 2 atom stereocenters. The maximum Gasteiger partial charge on any atom is 0.237 e. The van der Waals surface area contributed by atoms with Gasteiger partial charge in [-0.25, -0.2) is 0 Å². The molecule has 0 bridgehead atoms. The molecule has 118 valence electrons. The predicted octanol–water partition coefficient (Wildman–Crippen LogP) is 1.87. The van der Waals surface area contributed by atoms with Crippen molar-refractivity contribution in [1.82, 2.24) is 10.6 Å². The predicted molar refractivity (Wildman–Crippen MR) is 88.2 cm³/mol. The highest BCUT2D eigenvalue weighted by atomic mass is 79.9. The van der Waals surface area contributed by atoms with Gasteiger partial charge in [-0.3, -0.25) is 4.79 Å². The second-order valence-electron chi connectivity index (χ2n) is 4.24. The molecule has 1 unspecified atom stereocenters. The number of carbonyl (C=O) groups is 3. The molecule has 1 aromatic rings. The minimum Gasteiger partial charge on any atom is -0.352 e. The van der Waals surface area contributed by atoms with Crippen molar-refractivity contribution >= 4 is 35.4 Å². The number of benzene rings is 1. The molecule has 0 aliphatic carbocycles. The van der Waals surface area contributed by atoms with E-state index in [2.05, 4.69) is 39.6 Å². The Balaban J connectivity index is 0. The third kappa shape index (κ3) is 9.10. The van der Waals surface area contributed by atoms with Crippen LogP contribution in [0.5, 0.6) is 0 Å². The first-order chi connectivity index (χ1) is 10.0. The van der Waals surface area contributed by atoms with Crippen LogP contribution in [0.3, 0.4) is 0 Å². The summed E-state index contributed by atoms with van der Waals surface area (Å²) < 4.78 is 1.18. The number of aryl methyl sites for hydroxylation is 1. The minimum atomic E-state index is 0.0417. The van der Waals surface area contributed by atoms with E-state index in [-0.39, 0.29) is 11.9 Å². The molecule has 0 radical (unpaired) electrons. The molecular formula is C15H23BrN2O3. The normalized spacial score (nSPS) is 18.8. The maximum absolute atomic E-state index is 10.8. The fourth-order valence-corrected chi connectivity index (χ4v) is 1.95. The van der Waals surface area contributed by atoms with E-state index in [4.69, 9.17) is 9.59 Å². The second-order valence-corrected chi connectivity index (χ2v) is 5.09. The van der Waals surface area contributed by atoms with Crippen LogP contribution in [-0.4, -0.2) is 38.6 Å². The third-order valence-corrected chi connectivity index (χ3v) is 3.61. The van der Waals surface area contributed by atoms with Crippen molar-refractivity contribution in [2.24, 2.45) is 0 Å². The van der Waals surface area contributed by atoms with Crippen LogP contribution < -0.4 is 10.6 Å². The van der Waals surface area contributed by atoms with Gasteiger partial charge in [0.05, 0.1) is 6.04 Å². The van der Waals surface area contributed by atoms with Gasteiger partial charge in [0.2, 0.25) is 5.91 Å². The Morgan fingerprint density at radius 2 is 1.76 bits per heavy atom. The highest BCUT2D eigenvalue weighted by Crippen LogP contribution is 2.13. The van der Waals surface area contributed by atoms with E-state index in [9.17, 15) is 4.79 Å². The standard InChI is InChI=1S/C7H7Br.C6H12N2O.2CH2O/c1-6-4-2-3-5-7(6)8;1-4-3-5(7-2)6(9)8-4;2*1-2/h2-5H,1H3;4-5,7H,3H2,1-2H3,(H,8,9);2*1H2/t;4?,5-;;/m.0../s1. The zero-order chi connectivity index (χ0) is 16.8. The van der Waals surface area contributed by atoms with Crippen LogP contribution in [-0.2, 0) is 14.4 Å². The Bertz CT molecular complexity index is 393. The Morgan fingerprint density at radius 3 is 2.00 bits per heavy atom. The summed E-state index contributed by atoms with van der Waals surface area (Å²) in [5.41, 5.74) is 1.28. The molecular weight excluding hydrogens is 336 g/mol. The van der Waals surface area contributed by atoms with Crippen LogP contribution in [0, 0.1) is 6.92 Å². The van der Waals surface area contributed by atoms with Gasteiger partial charge < -0.3 is 20.2 Å². The van der Waals surface area contributed by atoms with E-state index in [1.165, 1.54) is 10.0 Å². The summed E-state index contributed by atoms with van der Waals surface area (Å²) in [6.45, 7) is 8.08. The molecule has 1 aliphatic heterocycles. The summed E-state index contributed by atoms with van der Waals surface area (Å²) in [4.78, 5) is 26.8. The van der Waals surface area contributed by atoms with Crippen LogP contribution in [0.4, 0.5) is 0 Å². The van der Waals surface area contributed by atoms with E-state index in [1.54, 1.807) is 0 Å². The lowest BCUT2D eigenvalue weighted by Gasteiger charge is -2.01. The number of amides is 1. The van der Waals surface area contributed by atoms with E-state index in [0.717, 1.165) is 6.42 Å². The van der Waals surface area contributed by atoms with E-state index < -0.39 is 0 Å². The molecule has 0 saturated carbocycles. The molecule has 1 saturated heterocycles. The van der Waals surface area contributed by atoms with Gasteiger partial charge in [-0.15, -0.1) is 0 Å². The molecule has 1 heterocycles. The number of carbonyl (C=O) groups excluding carboxylic acids is 3. The molecule has 5 nitrogen and oxygen atoms in total. The van der Waals surface area contributed by atoms with Crippen LogP contribution in [0.2, 0.25) is 0 Å². The summed E-state index contributed by atoms with van der Waals surface area (Å²) in [6, 6.07) is 8.53. The lowest BCUT2D eigenvalue weighted by Crippen LogP contribution is -2.33. The van der Waals surface area contributed by atoms with Gasteiger partial charge in [-0.2, -0.15) is 0 Å². The van der Waals surface area contributed by atoms with Gasteiger partial charge in [-0.05, 0) is 38.9 Å². The summed E-state index contributed by atoms with van der Waals surface area (Å²) in [7, 11) is 1.81. The van der Waals surface area contributed by atoms with Crippen molar-refractivity contribution in [2.75, 3.05) is 7.05 Å².